The molecule has 0 radical (unpaired) electrons. The fourth-order valence-corrected chi connectivity index (χ4v) is 3.77. The molecule has 0 aromatic carbocycles. The molecule has 1 aliphatic heterocycles. The van der Waals surface area contributed by atoms with Crippen molar-refractivity contribution in [2.75, 3.05) is 18.0 Å². The highest BCUT2D eigenvalue weighted by Gasteiger charge is 2.24. The maximum Gasteiger partial charge on any atom is 0.251 e. The van der Waals surface area contributed by atoms with E-state index in [1.54, 1.807) is 6.07 Å². The summed E-state index contributed by atoms with van der Waals surface area (Å²) in [5, 5.41) is 4.68. The number of hydrogen-bond acceptors (Lipinski definition) is 5. The number of rotatable bonds is 2. The molecule has 0 atom stereocenters. The van der Waals surface area contributed by atoms with E-state index in [4.69, 9.17) is 0 Å². The van der Waals surface area contributed by atoms with Gasteiger partial charge in [-0.1, -0.05) is 0 Å². The Morgan fingerprint density at radius 2 is 1.81 bits per heavy atom. The first kappa shape index (κ1) is 16.8. The molecule has 0 saturated carbocycles. The zero-order valence-corrected chi connectivity index (χ0v) is 15.7. The van der Waals surface area contributed by atoms with E-state index >= 15 is 0 Å². The second kappa shape index (κ2) is 6.23. The first-order valence-corrected chi connectivity index (χ1v) is 9.09. The molecule has 0 spiro atoms. The van der Waals surface area contributed by atoms with E-state index in [1.165, 1.54) is 0 Å². The first-order valence-electron chi connectivity index (χ1n) is 9.09. The van der Waals surface area contributed by atoms with Crippen LogP contribution < -0.4 is 10.5 Å². The number of hydrogen-bond donors (Lipinski definition) is 1. The Hall–Kier alpha value is -2.70. The van der Waals surface area contributed by atoms with Crippen molar-refractivity contribution in [2.45, 2.75) is 46.5 Å². The van der Waals surface area contributed by atoms with E-state index in [1.807, 2.05) is 25.3 Å². The van der Waals surface area contributed by atoms with Gasteiger partial charge in [0, 0.05) is 42.4 Å². The van der Waals surface area contributed by atoms with Crippen molar-refractivity contribution in [3.63, 3.8) is 0 Å². The Labute approximate surface area is 152 Å². The van der Waals surface area contributed by atoms with E-state index in [9.17, 15) is 4.79 Å². The third-order valence-corrected chi connectivity index (χ3v) is 5.28. The standard InChI is InChI=1S/C19H24N6O/c1-11-9-18(25-19(20-11)12(2)13(3)23-25)24-7-5-15(6-8-24)16-10-17(26)22-14(4)21-16/h9-10,15H,5-8H2,1-4H3,(H,21,22,26). The summed E-state index contributed by atoms with van der Waals surface area (Å²) in [4.78, 5) is 26.0. The summed E-state index contributed by atoms with van der Waals surface area (Å²) in [6.45, 7) is 9.78. The fourth-order valence-electron chi connectivity index (χ4n) is 3.77. The van der Waals surface area contributed by atoms with Crippen molar-refractivity contribution in [2.24, 2.45) is 0 Å². The molecule has 1 saturated heterocycles. The highest BCUT2D eigenvalue weighted by Crippen LogP contribution is 2.30. The van der Waals surface area contributed by atoms with Crippen molar-refractivity contribution in [3.8, 4) is 0 Å². The molecule has 0 bridgehead atoms. The average molecular weight is 352 g/mol. The van der Waals surface area contributed by atoms with Gasteiger partial charge in [0.1, 0.15) is 11.6 Å². The number of piperidine rings is 1. The van der Waals surface area contributed by atoms with Crippen LogP contribution in [0.25, 0.3) is 5.65 Å². The Bertz CT molecular complexity index is 1030. The summed E-state index contributed by atoms with van der Waals surface area (Å²) < 4.78 is 1.97. The zero-order valence-electron chi connectivity index (χ0n) is 15.7. The molecule has 1 N–H and O–H groups in total. The van der Waals surface area contributed by atoms with Crippen LogP contribution in [0.1, 0.15) is 47.2 Å². The van der Waals surface area contributed by atoms with Gasteiger partial charge in [-0.05, 0) is 40.5 Å². The van der Waals surface area contributed by atoms with Crippen LogP contribution in [0.4, 0.5) is 5.82 Å². The maximum atomic E-state index is 11.7. The van der Waals surface area contributed by atoms with E-state index < -0.39 is 0 Å². The molecular weight excluding hydrogens is 328 g/mol. The van der Waals surface area contributed by atoms with Gasteiger partial charge >= 0.3 is 0 Å². The SMILES string of the molecule is Cc1cc(N2CCC(c3cc(=O)[nH]c(C)n3)CC2)n2nc(C)c(C)c2n1. The summed E-state index contributed by atoms with van der Waals surface area (Å²) in [5.41, 5.74) is 4.93. The number of aryl methyl sites for hydroxylation is 4. The monoisotopic (exact) mass is 352 g/mol. The minimum absolute atomic E-state index is 0.0658. The van der Waals surface area contributed by atoms with Gasteiger partial charge in [0.15, 0.2) is 5.65 Å². The van der Waals surface area contributed by atoms with Gasteiger partial charge in [-0.2, -0.15) is 9.61 Å². The van der Waals surface area contributed by atoms with E-state index in [-0.39, 0.29) is 5.56 Å². The minimum atomic E-state index is -0.0658. The van der Waals surface area contributed by atoms with Gasteiger partial charge in [-0.25, -0.2) is 9.97 Å². The van der Waals surface area contributed by atoms with Crippen LogP contribution in [0.15, 0.2) is 16.9 Å². The molecule has 4 rings (SSSR count). The Morgan fingerprint density at radius 3 is 2.50 bits per heavy atom. The molecule has 1 fully saturated rings. The van der Waals surface area contributed by atoms with Crippen molar-refractivity contribution in [3.05, 3.63) is 51.0 Å². The highest BCUT2D eigenvalue weighted by molar-refractivity contribution is 5.57. The summed E-state index contributed by atoms with van der Waals surface area (Å²) in [5.74, 6) is 2.10. The number of aromatic nitrogens is 5. The Morgan fingerprint density at radius 1 is 1.08 bits per heavy atom. The quantitative estimate of drug-likeness (QED) is 0.766. The number of anilines is 1. The highest BCUT2D eigenvalue weighted by atomic mass is 16.1. The van der Waals surface area contributed by atoms with Gasteiger partial charge in [-0.15, -0.1) is 0 Å². The largest absolute Gasteiger partial charge is 0.356 e. The molecule has 136 valence electrons. The number of fused-ring (bicyclic) bond motifs is 1. The average Bonchev–Trinajstić information content (AvgIpc) is 2.88. The van der Waals surface area contributed by atoms with Gasteiger partial charge in [0.05, 0.1) is 11.4 Å². The van der Waals surface area contributed by atoms with Crippen LogP contribution in [0.3, 0.4) is 0 Å². The van der Waals surface area contributed by atoms with Crippen molar-refractivity contribution in [1.82, 2.24) is 24.6 Å². The van der Waals surface area contributed by atoms with E-state index in [0.717, 1.165) is 60.0 Å². The van der Waals surface area contributed by atoms with Crippen LogP contribution in [-0.2, 0) is 0 Å². The summed E-state index contributed by atoms with van der Waals surface area (Å²) in [7, 11) is 0. The van der Waals surface area contributed by atoms with Crippen molar-refractivity contribution in [1.29, 1.82) is 0 Å². The van der Waals surface area contributed by atoms with Crippen LogP contribution in [0.5, 0.6) is 0 Å². The topological polar surface area (TPSA) is 79.2 Å². The Kier molecular flexibility index (Phi) is 4.01. The third-order valence-electron chi connectivity index (χ3n) is 5.28. The second-order valence-corrected chi connectivity index (χ2v) is 7.22. The lowest BCUT2D eigenvalue weighted by Gasteiger charge is -2.33. The number of aromatic amines is 1. The number of nitrogens with zero attached hydrogens (tertiary/aromatic N) is 5. The van der Waals surface area contributed by atoms with Crippen LogP contribution in [-0.4, -0.2) is 37.7 Å². The zero-order chi connectivity index (χ0) is 18.4. The summed E-state index contributed by atoms with van der Waals surface area (Å²) in [6, 6.07) is 3.75. The third kappa shape index (κ3) is 2.87. The normalized spacial score (nSPS) is 15.8. The fraction of sp³-hybridized carbons (Fsp3) is 0.474. The maximum absolute atomic E-state index is 11.7. The molecule has 1 aliphatic rings. The summed E-state index contributed by atoms with van der Waals surface area (Å²) >= 11 is 0. The van der Waals surface area contributed by atoms with E-state index in [2.05, 4.69) is 37.9 Å². The lowest BCUT2D eigenvalue weighted by molar-refractivity contribution is 0.489. The molecule has 7 nitrogen and oxygen atoms in total. The van der Waals surface area contributed by atoms with Gasteiger partial charge in [-0.3, -0.25) is 4.79 Å². The molecule has 4 heterocycles. The first-order chi connectivity index (χ1) is 12.4. The molecule has 26 heavy (non-hydrogen) atoms. The lowest BCUT2D eigenvalue weighted by Crippen LogP contribution is -2.35. The molecule has 7 heteroatoms. The molecule has 3 aromatic heterocycles. The molecule has 0 amide bonds. The van der Waals surface area contributed by atoms with Crippen LogP contribution >= 0.6 is 0 Å². The predicted octanol–water partition coefficient (Wildman–Crippen LogP) is 2.43. The number of nitrogens with one attached hydrogen (secondary N) is 1. The lowest BCUT2D eigenvalue weighted by atomic mass is 9.93. The molecular formula is C19H24N6O. The van der Waals surface area contributed by atoms with Gasteiger partial charge < -0.3 is 9.88 Å². The molecule has 3 aromatic rings. The summed E-state index contributed by atoms with van der Waals surface area (Å²) in [6.07, 6.45) is 1.94. The molecule has 0 unspecified atom stereocenters. The van der Waals surface area contributed by atoms with Gasteiger partial charge in [0.2, 0.25) is 0 Å². The van der Waals surface area contributed by atoms with E-state index in [0.29, 0.717) is 11.7 Å². The minimum Gasteiger partial charge on any atom is -0.356 e. The van der Waals surface area contributed by atoms with Gasteiger partial charge in [0.25, 0.3) is 5.56 Å². The second-order valence-electron chi connectivity index (χ2n) is 7.22. The van der Waals surface area contributed by atoms with Crippen molar-refractivity contribution < 1.29 is 0 Å². The van der Waals surface area contributed by atoms with Crippen LogP contribution in [0, 0.1) is 27.7 Å². The van der Waals surface area contributed by atoms with Crippen molar-refractivity contribution >= 4 is 11.5 Å². The molecule has 0 aliphatic carbocycles. The predicted molar refractivity (Wildman–Crippen MR) is 101 cm³/mol. The Balaban J connectivity index is 1.61. The van der Waals surface area contributed by atoms with Crippen LogP contribution in [0.2, 0.25) is 0 Å². The number of H-pyrrole nitrogens is 1. The smallest absolute Gasteiger partial charge is 0.251 e.